The molecule has 0 aliphatic heterocycles. The van der Waals surface area contributed by atoms with Gasteiger partial charge < -0.3 is 4.57 Å². The molecule has 1 aromatic heterocycles. The van der Waals surface area contributed by atoms with Crippen LogP contribution in [-0.4, -0.2) is 4.57 Å². The first-order valence-electron chi connectivity index (χ1n) is 6.27. The minimum absolute atomic E-state index is 1.21. The number of hydrogen-bond acceptors (Lipinski definition) is 0. The Morgan fingerprint density at radius 3 is 2.69 bits per heavy atom. The summed E-state index contributed by atoms with van der Waals surface area (Å²) in [4.78, 5) is 0. The molecule has 2 aromatic rings. The first-order chi connectivity index (χ1) is 7.72. The van der Waals surface area contributed by atoms with Gasteiger partial charge in [-0.25, -0.2) is 0 Å². The van der Waals surface area contributed by atoms with Crippen molar-refractivity contribution in [3.05, 3.63) is 35.5 Å². The highest BCUT2D eigenvalue weighted by Crippen LogP contribution is 2.21. The molecule has 16 heavy (non-hydrogen) atoms. The molecule has 0 atom stereocenters. The number of aryl methyl sites for hydroxylation is 3. The van der Waals surface area contributed by atoms with Crippen molar-refractivity contribution in [2.45, 2.75) is 39.5 Å². The molecule has 1 aromatic carbocycles. The van der Waals surface area contributed by atoms with Crippen LogP contribution in [0.3, 0.4) is 0 Å². The lowest BCUT2D eigenvalue weighted by Gasteiger charge is -2.03. The summed E-state index contributed by atoms with van der Waals surface area (Å²) in [6.45, 7) is 4.41. The molecule has 1 heterocycles. The zero-order chi connectivity index (χ0) is 11.5. The average molecular weight is 215 g/mol. The molecule has 0 bridgehead atoms. The van der Waals surface area contributed by atoms with Crippen molar-refractivity contribution < 1.29 is 0 Å². The SMILES string of the molecule is CCCCCc1cc2cc(C)ccc2n1C. The topological polar surface area (TPSA) is 4.93 Å². The number of nitrogens with zero attached hydrogens (tertiary/aromatic N) is 1. The number of unbranched alkanes of at least 4 members (excludes halogenated alkanes) is 2. The monoisotopic (exact) mass is 215 g/mol. The molecule has 0 fully saturated rings. The van der Waals surface area contributed by atoms with Crippen LogP contribution in [-0.2, 0) is 13.5 Å². The quantitative estimate of drug-likeness (QED) is 0.673. The molecule has 0 saturated heterocycles. The van der Waals surface area contributed by atoms with Gasteiger partial charge in [0.15, 0.2) is 0 Å². The molecule has 0 saturated carbocycles. The van der Waals surface area contributed by atoms with Crippen molar-refractivity contribution in [3.63, 3.8) is 0 Å². The maximum Gasteiger partial charge on any atom is 0.0480 e. The second-order valence-corrected chi connectivity index (χ2v) is 4.71. The van der Waals surface area contributed by atoms with Crippen molar-refractivity contribution in [1.29, 1.82) is 0 Å². The van der Waals surface area contributed by atoms with Crippen LogP contribution in [0.15, 0.2) is 24.3 Å². The fourth-order valence-corrected chi connectivity index (χ4v) is 2.32. The normalized spacial score (nSPS) is 11.2. The maximum absolute atomic E-state index is 2.35. The summed E-state index contributed by atoms with van der Waals surface area (Å²) in [5.41, 5.74) is 4.17. The molecule has 1 heteroatoms. The highest BCUT2D eigenvalue weighted by Gasteiger charge is 2.04. The van der Waals surface area contributed by atoms with Crippen LogP contribution in [0.5, 0.6) is 0 Å². The zero-order valence-corrected chi connectivity index (χ0v) is 10.6. The van der Waals surface area contributed by atoms with E-state index >= 15 is 0 Å². The summed E-state index contributed by atoms with van der Waals surface area (Å²) in [5, 5.41) is 1.38. The molecule has 0 amide bonds. The molecular weight excluding hydrogens is 194 g/mol. The van der Waals surface area contributed by atoms with Crippen LogP contribution < -0.4 is 0 Å². The van der Waals surface area contributed by atoms with Crippen molar-refractivity contribution in [2.75, 3.05) is 0 Å². The Balaban J connectivity index is 2.29. The molecule has 2 rings (SSSR count). The number of aromatic nitrogens is 1. The second kappa shape index (κ2) is 4.73. The minimum atomic E-state index is 1.21. The van der Waals surface area contributed by atoms with Gasteiger partial charge in [0, 0.05) is 23.6 Å². The highest BCUT2D eigenvalue weighted by atomic mass is 14.9. The predicted octanol–water partition coefficient (Wildman–Crippen LogP) is 4.22. The maximum atomic E-state index is 2.35. The van der Waals surface area contributed by atoms with E-state index < -0.39 is 0 Å². The fourth-order valence-electron chi connectivity index (χ4n) is 2.32. The van der Waals surface area contributed by atoms with Crippen LogP contribution in [0.2, 0.25) is 0 Å². The number of fused-ring (bicyclic) bond motifs is 1. The minimum Gasteiger partial charge on any atom is -0.348 e. The van der Waals surface area contributed by atoms with E-state index in [-0.39, 0.29) is 0 Å². The van der Waals surface area contributed by atoms with Gasteiger partial charge in [-0.1, -0.05) is 31.4 Å². The Kier molecular flexibility index (Phi) is 3.33. The van der Waals surface area contributed by atoms with Gasteiger partial charge in [-0.3, -0.25) is 0 Å². The van der Waals surface area contributed by atoms with Crippen molar-refractivity contribution in [3.8, 4) is 0 Å². The van der Waals surface area contributed by atoms with Crippen LogP contribution in [0.1, 0.15) is 37.4 Å². The van der Waals surface area contributed by atoms with Gasteiger partial charge in [0.25, 0.3) is 0 Å². The molecule has 0 aliphatic carbocycles. The molecule has 0 aliphatic rings. The molecule has 0 unspecified atom stereocenters. The van der Waals surface area contributed by atoms with E-state index in [0.717, 1.165) is 0 Å². The largest absolute Gasteiger partial charge is 0.348 e. The van der Waals surface area contributed by atoms with E-state index in [1.165, 1.54) is 47.8 Å². The fraction of sp³-hybridized carbons (Fsp3) is 0.467. The van der Waals surface area contributed by atoms with Crippen molar-refractivity contribution in [2.24, 2.45) is 7.05 Å². The average Bonchev–Trinajstić information content (AvgIpc) is 2.56. The van der Waals surface area contributed by atoms with Gasteiger partial charge in [0.2, 0.25) is 0 Å². The number of benzene rings is 1. The molecule has 0 spiro atoms. The van der Waals surface area contributed by atoms with Crippen LogP contribution >= 0.6 is 0 Å². The van der Waals surface area contributed by atoms with E-state index in [4.69, 9.17) is 0 Å². The third-order valence-electron chi connectivity index (χ3n) is 3.33. The number of hydrogen-bond donors (Lipinski definition) is 0. The Hall–Kier alpha value is -1.24. The predicted molar refractivity (Wildman–Crippen MR) is 70.9 cm³/mol. The lowest BCUT2D eigenvalue weighted by molar-refractivity contribution is 0.690. The van der Waals surface area contributed by atoms with Crippen LogP contribution in [0.25, 0.3) is 10.9 Å². The van der Waals surface area contributed by atoms with Gasteiger partial charge in [0.05, 0.1) is 0 Å². The molecular formula is C15H21N. The van der Waals surface area contributed by atoms with Crippen LogP contribution in [0, 0.1) is 6.92 Å². The molecule has 1 nitrogen and oxygen atoms in total. The summed E-state index contributed by atoms with van der Waals surface area (Å²) < 4.78 is 2.34. The molecule has 86 valence electrons. The third kappa shape index (κ3) is 2.13. The van der Waals surface area contributed by atoms with Gasteiger partial charge >= 0.3 is 0 Å². The van der Waals surface area contributed by atoms with Gasteiger partial charge in [0.1, 0.15) is 0 Å². The first kappa shape index (κ1) is 11.3. The first-order valence-corrected chi connectivity index (χ1v) is 6.27. The van der Waals surface area contributed by atoms with Crippen molar-refractivity contribution >= 4 is 10.9 Å². The lowest BCUT2D eigenvalue weighted by Crippen LogP contribution is -1.95. The Morgan fingerprint density at radius 2 is 1.94 bits per heavy atom. The summed E-state index contributed by atoms with van der Waals surface area (Å²) in [6.07, 6.45) is 5.14. The Morgan fingerprint density at radius 1 is 1.12 bits per heavy atom. The number of rotatable bonds is 4. The third-order valence-corrected chi connectivity index (χ3v) is 3.33. The zero-order valence-electron chi connectivity index (χ0n) is 10.6. The standard InChI is InChI=1S/C15H21N/c1-4-5-6-7-14-11-13-10-12(2)8-9-15(13)16(14)3/h8-11H,4-7H2,1-3H3. The van der Waals surface area contributed by atoms with E-state index in [1.807, 2.05) is 0 Å². The smallest absolute Gasteiger partial charge is 0.0480 e. The molecule has 0 radical (unpaired) electrons. The van der Waals surface area contributed by atoms with Crippen LogP contribution in [0.4, 0.5) is 0 Å². The second-order valence-electron chi connectivity index (χ2n) is 4.71. The van der Waals surface area contributed by atoms with Gasteiger partial charge in [-0.15, -0.1) is 0 Å². The van der Waals surface area contributed by atoms with Crippen molar-refractivity contribution in [1.82, 2.24) is 4.57 Å². The van der Waals surface area contributed by atoms with Gasteiger partial charge in [-0.05, 0) is 38.0 Å². The summed E-state index contributed by atoms with van der Waals surface area (Å²) >= 11 is 0. The Labute approximate surface area is 98.1 Å². The van der Waals surface area contributed by atoms with Gasteiger partial charge in [-0.2, -0.15) is 0 Å². The summed E-state index contributed by atoms with van der Waals surface area (Å²) in [6, 6.07) is 9.04. The summed E-state index contributed by atoms with van der Waals surface area (Å²) in [7, 11) is 2.18. The van der Waals surface area contributed by atoms with E-state index in [2.05, 4.69) is 49.7 Å². The van der Waals surface area contributed by atoms with E-state index in [9.17, 15) is 0 Å². The lowest BCUT2D eigenvalue weighted by atomic mass is 10.1. The van der Waals surface area contributed by atoms with E-state index in [0.29, 0.717) is 0 Å². The summed E-state index contributed by atoms with van der Waals surface area (Å²) in [5.74, 6) is 0. The highest BCUT2D eigenvalue weighted by molar-refractivity contribution is 5.82. The van der Waals surface area contributed by atoms with E-state index in [1.54, 1.807) is 0 Å². The Bertz CT molecular complexity index is 479. The molecule has 0 N–H and O–H groups in total.